The molecule has 0 atom stereocenters. The predicted octanol–water partition coefficient (Wildman–Crippen LogP) is 3.06. The van der Waals surface area contributed by atoms with Crippen molar-refractivity contribution in [3.8, 4) is 0 Å². The fourth-order valence-electron chi connectivity index (χ4n) is 2.11. The number of benzene rings is 2. The summed E-state index contributed by atoms with van der Waals surface area (Å²) >= 11 is 0. The number of nitro groups is 1. The molecule has 94 valence electrons. The number of hydrogen-bond acceptors (Lipinski definition) is 3. The summed E-state index contributed by atoms with van der Waals surface area (Å²) in [6, 6.07) is 14.4. The quantitative estimate of drug-likeness (QED) is 0.576. The molecule has 0 spiro atoms. The molecule has 0 radical (unpaired) electrons. The molecule has 0 amide bonds. The summed E-state index contributed by atoms with van der Waals surface area (Å²) in [5, 5.41) is 11.0. The van der Waals surface area contributed by atoms with Gasteiger partial charge in [-0.05, 0) is 12.1 Å². The van der Waals surface area contributed by atoms with Crippen LogP contribution >= 0.6 is 0 Å². The summed E-state index contributed by atoms with van der Waals surface area (Å²) in [4.78, 5) is 18.2. The molecule has 3 aromatic rings. The van der Waals surface area contributed by atoms with E-state index in [1.165, 1.54) is 6.07 Å². The van der Waals surface area contributed by atoms with Gasteiger partial charge in [0.15, 0.2) is 0 Å². The first-order chi connectivity index (χ1) is 9.24. The lowest BCUT2D eigenvalue weighted by Crippen LogP contribution is -1.97. The van der Waals surface area contributed by atoms with Crippen molar-refractivity contribution in [2.24, 2.45) is 0 Å². The maximum Gasteiger partial charge on any atom is 0.273 e. The summed E-state index contributed by atoms with van der Waals surface area (Å²) in [5.74, 6) is 0.732. The molecule has 1 heterocycles. The van der Waals surface area contributed by atoms with Gasteiger partial charge in [0.1, 0.15) is 5.82 Å². The van der Waals surface area contributed by atoms with Crippen LogP contribution < -0.4 is 0 Å². The van der Waals surface area contributed by atoms with Crippen LogP contribution in [-0.2, 0) is 6.42 Å². The number of fused-ring (bicyclic) bond motifs is 1. The number of nitrogens with one attached hydrogen (secondary N) is 1. The second kappa shape index (κ2) is 4.53. The fraction of sp³-hybridized carbons (Fsp3) is 0.0714. The number of nitro benzene ring substituents is 1. The fourth-order valence-corrected chi connectivity index (χ4v) is 2.11. The van der Waals surface area contributed by atoms with E-state index in [0.717, 1.165) is 16.9 Å². The lowest BCUT2D eigenvalue weighted by molar-refractivity contribution is -0.385. The van der Waals surface area contributed by atoms with E-state index in [9.17, 15) is 10.1 Å². The van der Waals surface area contributed by atoms with Gasteiger partial charge in [-0.15, -0.1) is 0 Å². The number of H-pyrrole nitrogens is 1. The van der Waals surface area contributed by atoms with E-state index in [4.69, 9.17) is 0 Å². The number of imidazole rings is 1. The van der Waals surface area contributed by atoms with Crippen molar-refractivity contribution in [1.82, 2.24) is 9.97 Å². The Morgan fingerprint density at radius 2 is 1.84 bits per heavy atom. The van der Waals surface area contributed by atoms with Crippen LogP contribution in [0.3, 0.4) is 0 Å². The number of rotatable bonds is 3. The van der Waals surface area contributed by atoms with Crippen molar-refractivity contribution in [2.45, 2.75) is 6.42 Å². The van der Waals surface area contributed by atoms with Crippen molar-refractivity contribution in [3.63, 3.8) is 0 Å². The third-order valence-corrected chi connectivity index (χ3v) is 2.98. The Hall–Kier alpha value is -2.69. The number of aromatic nitrogens is 2. The summed E-state index contributed by atoms with van der Waals surface area (Å²) in [6.45, 7) is 0. The Balaban J connectivity index is 1.99. The molecule has 0 aliphatic carbocycles. The average molecular weight is 253 g/mol. The molecule has 5 heteroatoms. The van der Waals surface area contributed by atoms with Gasteiger partial charge >= 0.3 is 0 Å². The molecule has 0 aliphatic rings. The van der Waals surface area contributed by atoms with Crippen LogP contribution in [0.5, 0.6) is 0 Å². The zero-order chi connectivity index (χ0) is 13.2. The number of hydrogen-bond donors (Lipinski definition) is 1. The van der Waals surface area contributed by atoms with E-state index in [-0.39, 0.29) is 10.6 Å². The highest BCUT2D eigenvalue weighted by molar-refractivity contribution is 5.74. The number of aromatic amines is 1. The SMILES string of the molecule is O=[N+]([O-])c1ccccc1Cc1nc2ccccc2[nH]1. The molecule has 19 heavy (non-hydrogen) atoms. The monoisotopic (exact) mass is 253 g/mol. The average Bonchev–Trinajstić information content (AvgIpc) is 2.81. The standard InChI is InChI=1S/C14H11N3O2/c18-17(19)13-8-4-1-5-10(13)9-14-15-11-6-2-3-7-12(11)16-14/h1-8H,9H2,(H,15,16). The van der Waals surface area contributed by atoms with Crippen molar-refractivity contribution >= 4 is 16.7 Å². The Labute approximate surface area is 109 Å². The molecule has 5 nitrogen and oxygen atoms in total. The van der Waals surface area contributed by atoms with E-state index in [0.29, 0.717) is 12.0 Å². The van der Waals surface area contributed by atoms with Gasteiger partial charge in [-0.3, -0.25) is 10.1 Å². The first-order valence-corrected chi connectivity index (χ1v) is 5.90. The van der Waals surface area contributed by atoms with Crippen LogP contribution in [0, 0.1) is 10.1 Å². The van der Waals surface area contributed by atoms with Crippen LogP contribution in [0.1, 0.15) is 11.4 Å². The molecule has 0 fully saturated rings. The van der Waals surface area contributed by atoms with Crippen molar-refractivity contribution in [3.05, 3.63) is 70.0 Å². The van der Waals surface area contributed by atoms with Crippen molar-refractivity contribution in [1.29, 1.82) is 0 Å². The lowest BCUT2D eigenvalue weighted by atomic mass is 10.1. The molecule has 0 unspecified atom stereocenters. The molecular formula is C14H11N3O2. The van der Waals surface area contributed by atoms with Gasteiger partial charge in [0, 0.05) is 18.1 Å². The minimum absolute atomic E-state index is 0.128. The molecule has 0 saturated heterocycles. The third kappa shape index (κ3) is 2.18. The van der Waals surface area contributed by atoms with Crippen LogP contribution in [0.4, 0.5) is 5.69 Å². The first-order valence-electron chi connectivity index (χ1n) is 5.90. The van der Waals surface area contributed by atoms with Gasteiger partial charge in [0.05, 0.1) is 16.0 Å². The topological polar surface area (TPSA) is 71.8 Å². The summed E-state index contributed by atoms with van der Waals surface area (Å²) in [5.41, 5.74) is 2.60. The second-order valence-electron chi connectivity index (χ2n) is 4.26. The van der Waals surface area contributed by atoms with Gasteiger partial charge in [-0.2, -0.15) is 0 Å². The molecule has 1 aromatic heterocycles. The second-order valence-corrected chi connectivity index (χ2v) is 4.26. The van der Waals surface area contributed by atoms with Gasteiger partial charge in [-0.1, -0.05) is 30.3 Å². The third-order valence-electron chi connectivity index (χ3n) is 2.98. The Morgan fingerprint density at radius 3 is 2.63 bits per heavy atom. The molecule has 2 aromatic carbocycles. The van der Waals surface area contributed by atoms with Crippen molar-refractivity contribution in [2.75, 3.05) is 0 Å². The highest BCUT2D eigenvalue weighted by atomic mass is 16.6. The molecular weight excluding hydrogens is 242 g/mol. The molecule has 3 rings (SSSR count). The van der Waals surface area contributed by atoms with Crippen LogP contribution in [0.25, 0.3) is 11.0 Å². The minimum Gasteiger partial charge on any atom is -0.342 e. The van der Waals surface area contributed by atoms with Crippen LogP contribution in [0.15, 0.2) is 48.5 Å². The summed E-state index contributed by atoms with van der Waals surface area (Å²) in [6.07, 6.45) is 0.422. The smallest absolute Gasteiger partial charge is 0.273 e. The van der Waals surface area contributed by atoms with E-state index in [1.54, 1.807) is 18.2 Å². The van der Waals surface area contributed by atoms with Crippen LogP contribution in [-0.4, -0.2) is 14.9 Å². The Morgan fingerprint density at radius 1 is 1.11 bits per heavy atom. The van der Waals surface area contributed by atoms with Crippen LogP contribution in [0.2, 0.25) is 0 Å². The predicted molar refractivity (Wildman–Crippen MR) is 72.0 cm³/mol. The van der Waals surface area contributed by atoms with E-state index < -0.39 is 0 Å². The van der Waals surface area contributed by atoms with Gasteiger partial charge in [-0.25, -0.2) is 4.98 Å². The van der Waals surface area contributed by atoms with Crippen molar-refractivity contribution < 1.29 is 4.92 Å². The summed E-state index contributed by atoms with van der Waals surface area (Å²) in [7, 11) is 0. The Kier molecular flexibility index (Phi) is 2.72. The first kappa shape index (κ1) is 11.4. The number of nitrogens with zero attached hydrogens (tertiary/aromatic N) is 2. The zero-order valence-electron chi connectivity index (χ0n) is 10.0. The maximum atomic E-state index is 11.0. The minimum atomic E-state index is -0.363. The molecule has 0 aliphatic heterocycles. The van der Waals surface area contributed by atoms with E-state index in [2.05, 4.69) is 9.97 Å². The van der Waals surface area contributed by atoms with E-state index in [1.807, 2.05) is 24.3 Å². The summed E-state index contributed by atoms with van der Waals surface area (Å²) < 4.78 is 0. The van der Waals surface area contributed by atoms with E-state index >= 15 is 0 Å². The molecule has 1 N–H and O–H groups in total. The highest BCUT2D eigenvalue weighted by Crippen LogP contribution is 2.21. The normalized spacial score (nSPS) is 10.7. The Bertz CT molecular complexity index is 716. The highest BCUT2D eigenvalue weighted by Gasteiger charge is 2.14. The maximum absolute atomic E-state index is 11.0. The molecule has 0 saturated carbocycles. The largest absolute Gasteiger partial charge is 0.342 e. The zero-order valence-corrected chi connectivity index (χ0v) is 10.0. The molecule has 0 bridgehead atoms. The van der Waals surface area contributed by atoms with Gasteiger partial charge < -0.3 is 4.98 Å². The lowest BCUT2D eigenvalue weighted by Gasteiger charge is -1.99. The van der Waals surface area contributed by atoms with Gasteiger partial charge in [0.25, 0.3) is 5.69 Å². The van der Waals surface area contributed by atoms with Gasteiger partial charge in [0.2, 0.25) is 0 Å². The number of para-hydroxylation sites is 3.